The topological polar surface area (TPSA) is 64.4 Å². The molecule has 156 valence electrons. The number of furan rings is 1. The molecule has 31 heavy (non-hydrogen) atoms. The Balaban J connectivity index is 1.41. The minimum Gasteiger partial charge on any atom is -0.497 e. The maximum Gasteiger partial charge on any atom is 0.250 e. The molecule has 0 unspecified atom stereocenters. The van der Waals surface area contributed by atoms with Crippen LogP contribution < -0.4 is 10.1 Å². The smallest absolute Gasteiger partial charge is 0.250 e. The molecule has 8 heteroatoms. The highest BCUT2D eigenvalue weighted by molar-refractivity contribution is 7.14. The van der Waals surface area contributed by atoms with Crippen LogP contribution in [-0.4, -0.2) is 18.0 Å². The summed E-state index contributed by atoms with van der Waals surface area (Å²) in [6, 6.07) is 16.4. The maximum atomic E-state index is 12.3. The molecule has 0 aliphatic heterocycles. The number of carbonyl (C=O) groups is 1. The van der Waals surface area contributed by atoms with Crippen molar-refractivity contribution in [1.82, 2.24) is 4.98 Å². The van der Waals surface area contributed by atoms with Gasteiger partial charge in [-0.25, -0.2) is 4.98 Å². The number of methoxy groups -OCH3 is 1. The van der Waals surface area contributed by atoms with Gasteiger partial charge in [-0.1, -0.05) is 29.3 Å². The van der Waals surface area contributed by atoms with E-state index in [1.165, 1.54) is 17.4 Å². The molecule has 0 fully saturated rings. The SMILES string of the molecule is COc1ccc(-c2csc(NC(=O)/C=C/c3ccc(-c4cccc(Cl)c4Cl)o3)n2)cc1. The summed E-state index contributed by atoms with van der Waals surface area (Å²) < 4.78 is 10.9. The molecule has 0 bridgehead atoms. The first kappa shape index (κ1) is 21.2. The molecule has 0 spiro atoms. The number of rotatable bonds is 6. The Labute approximate surface area is 192 Å². The van der Waals surface area contributed by atoms with Crippen LogP contribution in [0.4, 0.5) is 5.13 Å². The highest BCUT2D eigenvalue weighted by Crippen LogP contribution is 2.34. The highest BCUT2D eigenvalue weighted by Gasteiger charge is 2.11. The van der Waals surface area contributed by atoms with Crippen LogP contribution in [0.2, 0.25) is 10.0 Å². The lowest BCUT2D eigenvalue weighted by molar-refractivity contribution is -0.111. The van der Waals surface area contributed by atoms with Crippen LogP contribution in [0.1, 0.15) is 5.76 Å². The zero-order valence-electron chi connectivity index (χ0n) is 16.3. The third kappa shape index (κ3) is 4.99. The van der Waals surface area contributed by atoms with Crippen LogP contribution in [0.15, 0.2) is 70.5 Å². The van der Waals surface area contributed by atoms with Crippen molar-refractivity contribution >= 4 is 51.7 Å². The van der Waals surface area contributed by atoms with Gasteiger partial charge in [-0.05, 0) is 54.6 Å². The van der Waals surface area contributed by atoms with Crippen molar-refractivity contribution in [3.05, 3.63) is 81.9 Å². The molecule has 5 nitrogen and oxygen atoms in total. The molecule has 1 N–H and O–H groups in total. The molecule has 4 rings (SSSR count). The van der Waals surface area contributed by atoms with E-state index in [0.29, 0.717) is 32.3 Å². The molecule has 0 atom stereocenters. The number of hydrogen-bond donors (Lipinski definition) is 1. The highest BCUT2D eigenvalue weighted by atomic mass is 35.5. The Bertz CT molecular complexity index is 1250. The molecule has 0 aliphatic carbocycles. The number of aromatic nitrogens is 1. The zero-order chi connectivity index (χ0) is 21.8. The standard InChI is InChI=1S/C23H16Cl2N2O3S/c1-29-15-7-5-14(6-8-15)19-13-31-23(26-19)27-21(28)12-10-16-9-11-20(30-16)17-3-2-4-18(24)22(17)25/h2-13H,1H3,(H,26,27,28)/b12-10+. The predicted octanol–water partition coefficient (Wildman–Crippen LogP) is 7.04. The van der Waals surface area contributed by atoms with Crippen molar-refractivity contribution in [3.63, 3.8) is 0 Å². The van der Waals surface area contributed by atoms with Crippen molar-refractivity contribution < 1.29 is 13.9 Å². The number of amides is 1. The Morgan fingerprint density at radius 1 is 1.13 bits per heavy atom. The number of halogens is 2. The minimum absolute atomic E-state index is 0.311. The average Bonchev–Trinajstić information content (AvgIpc) is 3.44. The van der Waals surface area contributed by atoms with E-state index < -0.39 is 0 Å². The number of nitrogens with one attached hydrogen (secondary N) is 1. The van der Waals surface area contributed by atoms with E-state index in [-0.39, 0.29) is 5.91 Å². The van der Waals surface area contributed by atoms with Crippen molar-refractivity contribution in [1.29, 1.82) is 0 Å². The summed E-state index contributed by atoms with van der Waals surface area (Å²) in [6.45, 7) is 0. The van der Waals surface area contributed by atoms with Crippen LogP contribution in [0.3, 0.4) is 0 Å². The van der Waals surface area contributed by atoms with Gasteiger partial charge in [-0.3, -0.25) is 10.1 Å². The van der Waals surface area contributed by atoms with Gasteiger partial charge in [0, 0.05) is 22.6 Å². The van der Waals surface area contributed by atoms with E-state index in [9.17, 15) is 4.79 Å². The summed E-state index contributed by atoms with van der Waals surface area (Å²) in [6.07, 6.45) is 2.96. The number of hydrogen-bond acceptors (Lipinski definition) is 5. The van der Waals surface area contributed by atoms with Gasteiger partial charge >= 0.3 is 0 Å². The first-order valence-electron chi connectivity index (χ1n) is 9.17. The molecule has 0 saturated heterocycles. The largest absolute Gasteiger partial charge is 0.497 e. The van der Waals surface area contributed by atoms with Gasteiger partial charge in [-0.15, -0.1) is 11.3 Å². The lowest BCUT2D eigenvalue weighted by Gasteiger charge is -2.01. The van der Waals surface area contributed by atoms with E-state index in [2.05, 4.69) is 10.3 Å². The molecule has 2 heterocycles. The van der Waals surface area contributed by atoms with E-state index >= 15 is 0 Å². The molecular weight excluding hydrogens is 455 g/mol. The number of anilines is 1. The third-order valence-corrected chi connectivity index (χ3v) is 5.94. The molecule has 2 aromatic carbocycles. The molecule has 0 saturated carbocycles. The van der Waals surface area contributed by atoms with Crippen LogP contribution in [0.5, 0.6) is 5.75 Å². The summed E-state index contributed by atoms with van der Waals surface area (Å²) in [7, 11) is 1.62. The van der Waals surface area contributed by atoms with Gasteiger partial charge in [0.15, 0.2) is 5.13 Å². The van der Waals surface area contributed by atoms with E-state index in [1.54, 1.807) is 37.5 Å². The minimum atomic E-state index is -0.311. The second-order valence-electron chi connectivity index (χ2n) is 6.39. The summed E-state index contributed by atoms with van der Waals surface area (Å²) in [5.41, 5.74) is 2.41. The van der Waals surface area contributed by atoms with Gasteiger partial charge in [0.05, 0.1) is 22.8 Å². The number of benzene rings is 2. The van der Waals surface area contributed by atoms with Gasteiger partial charge in [0.25, 0.3) is 0 Å². The second kappa shape index (κ2) is 9.39. The van der Waals surface area contributed by atoms with Gasteiger partial charge in [-0.2, -0.15) is 0 Å². The van der Waals surface area contributed by atoms with Gasteiger partial charge < -0.3 is 9.15 Å². The fourth-order valence-corrected chi connectivity index (χ4v) is 3.93. The number of thiazole rings is 1. The number of ether oxygens (including phenoxy) is 1. The lowest BCUT2D eigenvalue weighted by Crippen LogP contribution is -2.07. The number of carbonyl (C=O) groups excluding carboxylic acids is 1. The fourth-order valence-electron chi connectivity index (χ4n) is 2.81. The molecule has 1 amide bonds. The van der Waals surface area contributed by atoms with Crippen molar-refractivity contribution in [2.45, 2.75) is 0 Å². The molecular formula is C23H16Cl2N2O3S. The van der Waals surface area contributed by atoms with Crippen LogP contribution in [-0.2, 0) is 4.79 Å². The Kier molecular flexibility index (Phi) is 6.42. The first-order chi connectivity index (χ1) is 15.0. The van der Waals surface area contributed by atoms with Gasteiger partial charge in [0.1, 0.15) is 17.3 Å². The Morgan fingerprint density at radius 2 is 1.94 bits per heavy atom. The molecule has 0 radical (unpaired) electrons. The third-order valence-electron chi connectivity index (χ3n) is 4.36. The normalized spacial score (nSPS) is 11.1. The fraction of sp³-hybridized carbons (Fsp3) is 0.0435. The summed E-state index contributed by atoms with van der Waals surface area (Å²) in [5.74, 6) is 1.54. The monoisotopic (exact) mass is 470 g/mol. The predicted molar refractivity (Wildman–Crippen MR) is 126 cm³/mol. The van der Waals surface area contributed by atoms with Crippen LogP contribution in [0, 0.1) is 0 Å². The summed E-state index contributed by atoms with van der Waals surface area (Å²) in [5, 5.41) is 6.01. The van der Waals surface area contributed by atoms with Crippen molar-refractivity contribution in [3.8, 4) is 28.3 Å². The lowest BCUT2D eigenvalue weighted by atomic mass is 10.2. The maximum absolute atomic E-state index is 12.3. The molecule has 0 aliphatic rings. The van der Waals surface area contributed by atoms with E-state index in [4.69, 9.17) is 32.4 Å². The Hall–Kier alpha value is -3.06. The molecule has 2 aromatic heterocycles. The van der Waals surface area contributed by atoms with E-state index in [0.717, 1.165) is 17.0 Å². The summed E-state index contributed by atoms with van der Waals surface area (Å²) in [4.78, 5) is 16.7. The Morgan fingerprint density at radius 3 is 2.71 bits per heavy atom. The number of nitrogens with zero attached hydrogens (tertiary/aromatic N) is 1. The quantitative estimate of drug-likeness (QED) is 0.307. The average molecular weight is 471 g/mol. The van der Waals surface area contributed by atoms with E-state index in [1.807, 2.05) is 35.7 Å². The first-order valence-corrected chi connectivity index (χ1v) is 10.8. The second-order valence-corrected chi connectivity index (χ2v) is 8.04. The zero-order valence-corrected chi connectivity index (χ0v) is 18.6. The van der Waals surface area contributed by atoms with Crippen LogP contribution in [0.25, 0.3) is 28.7 Å². The summed E-state index contributed by atoms with van der Waals surface area (Å²) >= 11 is 13.6. The molecule has 4 aromatic rings. The van der Waals surface area contributed by atoms with Gasteiger partial charge in [0.2, 0.25) is 5.91 Å². The van der Waals surface area contributed by atoms with Crippen LogP contribution >= 0.6 is 34.5 Å². The van der Waals surface area contributed by atoms with Crippen molar-refractivity contribution in [2.75, 3.05) is 12.4 Å². The van der Waals surface area contributed by atoms with Crippen molar-refractivity contribution in [2.24, 2.45) is 0 Å².